The van der Waals surface area contributed by atoms with Crippen molar-refractivity contribution in [2.45, 2.75) is 19.1 Å². The number of carbonyl (C=O) groups is 1. The van der Waals surface area contributed by atoms with E-state index in [1.54, 1.807) is 30.0 Å². The Morgan fingerprint density at radius 3 is 2.95 bits per heavy atom. The van der Waals surface area contributed by atoms with E-state index < -0.39 is 6.04 Å². The van der Waals surface area contributed by atoms with E-state index in [4.69, 9.17) is 10.5 Å². The average molecular weight is 287 g/mol. The Morgan fingerprint density at radius 1 is 1.58 bits per heavy atom. The summed E-state index contributed by atoms with van der Waals surface area (Å²) in [6.45, 7) is 3.21. The quantitative estimate of drug-likeness (QED) is 0.852. The molecule has 0 spiro atoms. The van der Waals surface area contributed by atoms with Crippen molar-refractivity contribution >= 4 is 18.3 Å². The van der Waals surface area contributed by atoms with Crippen molar-refractivity contribution in [3.05, 3.63) is 29.8 Å². The van der Waals surface area contributed by atoms with Gasteiger partial charge < -0.3 is 20.5 Å². The Balaban J connectivity index is 0.00000180. The van der Waals surface area contributed by atoms with E-state index in [2.05, 4.69) is 0 Å². The summed E-state index contributed by atoms with van der Waals surface area (Å²) in [5.74, 6) is 0.134. The number of aromatic hydroxyl groups is 1. The number of hydrogen-bond donors (Lipinski definition) is 2. The van der Waals surface area contributed by atoms with Gasteiger partial charge in [0.1, 0.15) is 11.9 Å². The maximum atomic E-state index is 11.8. The molecular formula is C13H19ClN2O3. The molecule has 1 heterocycles. The highest BCUT2D eigenvalue weighted by Gasteiger charge is 2.26. The minimum atomic E-state index is -0.493. The first-order valence-electron chi connectivity index (χ1n) is 6.03. The fraction of sp³-hybridized carbons (Fsp3) is 0.462. The number of nitrogens with two attached hydrogens (primary N) is 1. The first kappa shape index (κ1) is 15.8. The van der Waals surface area contributed by atoms with Crippen molar-refractivity contribution in [2.75, 3.05) is 19.7 Å². The largest absolute Gasteiger partial charge is 0.508 e. The first-order valence-corrected chi connectivity index (χ1v) is 6.03. The Labute approximate surface area is 118 Å². The van der Waals surface area contributed by atoms with E-state index in [-0.39, 0.29) is 30.2 Å². The third-order valence-electron chi connectivity index (χ3n) is 3.01. The van der Waals surface area contributed by atoms with Gasteiger partial charge in [0.05, 0.1) is 19.2 Å². The highest BCUT2D eigenvalue weighted by Crippen LogP contribution is 2.25. The molecule has 1 aromatic carbocycles. The topological polar surface area (TPSA) is 75.8 Å². The Morgan fingerprint density at radius 2 is 2.32 bits per heavy atom. The SMILES string of the molecule is CC(N)C(=O)N1CCOC(c2cccc(O)c2)C1.Cl. The van der Waals surface area contributed by atoms with Gasteiger partial charge in [-0.05, 0) is 24.6 Å². The van der Waals surface area contributed by atoms with Gasteiger partial charge in [-0.15, -0.1) is 12.4 Å². The molecule has 0 saturated carbocycles. The molecule has 0 aromatic heterocycles. The van der Waals surface area contributed by atoms with E-state index in [0.717, 1.165) is 5.56 Å². The summed E-state index contributed by atoms with van der Waals surface area (Å²) in [7, 11) is 0. The van der Waals surface area contributed by atoms with E-state index in [1.165, 1.54) is 0 Å². The molecule has 1 saturated heterocycles. The van der Waals surface area contributed by atoms with Crippen molar-refractivity contribution in [1.82, 2.24) is 4.90 Å². The minimum absolute atomic E-state index is 0. The maximum absolute atomic E-state index is 11.8. The van der Waals surface area contributed by atoms with Crippen LogP contribution in [0, 0.1) is 0 Å². The molecule has 2 rings (SSSR count). The van der Waals surface area contributed by atoms with E-state index in [9.17, 15) is 9.90 Å². The molecule has 1 aliphatic rings. The van der Waals surface area contributed by atoms with Crippen molar-refractivity contribution in [1.29, 1.82) is 0 Å². The fourth-order valence-corrected chi connectivity index (χ4v) is 2.06. The standard InChI is InChI=1S/C13H18N2O3.ClH/c1-9(14)13(17)15-5-6-18-12(8-15)10-3-2-4-11(16)7-10;/h2-4,7,9,12,16H,5-6,8,14H2,1H3;1H. The summed E-state index contributed by atoms with van der Waals surface area (Å²) >= 11 is 0. The van der Waals surface area contributed by atoms with Crippen LogP contribution < -0.4 is 5.73 Å². The van der Waals surface area contributed by atoms with Gasteiger partial charge in [0.2, 0.25) is 5.91 Å². The number of phenolic OH excluding ortho intramolecular Hbond substituents is 1. The van der Waals surface area contributed by atoms with Gasteiger partial charge in [-0.25, -0.2) is 0 Å². The second kappa shape index (κ2) is 6.75. The number of ether oxygens (including phenoxy) is 1. The third-order valence-corrected chi connectivity index (χ3v) is 3.01. The van der Waals surface area contributed by atoms with Gasteiger partial charge >= 0.3 is 0 Å². The number of nitrogens with zero attached hydrogens (tertiary/aromatic N) is 1. The molecule has 1 amide bonds. The minimum Gasteiger partial charge on any atom is -0.508 e. The molecule has 2 unspecified atom stereocenters. The monoisotopic (exact) mass is 286 g/mol. The lowest BCUT2D eigenvalue weighted by molar-refractivity contribution is -0.140. The van der Waals surface area contributed by atoms with Crippen molar-refractivity contribution < 1.29 is 14.6 Å². The molecule has 0 aliphatic carbocycles. The molecule has 3 N–H and O–H groups in total. The van der Waals surface area contributed by atoms with Crippen LogP contribution in [0.5, 0.6) is 5.75 Å². The first-order chi connectivity index (χ1) is 8.58. The molecular weight excluding hydrogens is 268 g/mol. The number of morpholine rings is 1. The molecule has 106 valence electrons. The van der Waals surface area contributed by atoms with Crippen LogP contribution in [0.15, 0.2) is 24.3 Å². The fourth-order valence-electron chi connectivity index (χ4n) is 2.06. The lowest BCUT2D eigenvalue weighted by atomic mass is 10.1. The number of amides is 1. The zero-order chi connectivity index (χ0) is 13.1. The summed E-state index contributed by atoms with van der Waals surface area (Å²) in [6, 6.07) is 6.42. The average Bonchev–Trinajstić information content (AvgIpc) is 2.38. The summed E-state index contributed by atoms with van der Waals surface area (Å²) in [5, 5.41) is 9.45. The van der Waals surface area contributed by atoms with Crippen molar-refractivity contribution in [3.8, 4) is 5.75 Å². The zero-order valence-corrected chi connectivity index (χ0v) is 11.6. The number of carbonyl (C=O) groups excluding carboxylic acids is 1. The highest BCUT2D eigenvalue weighted by molar-refractivity contribution is 5.85. The van der Waals surface area contributed by atoms with Crippen LogP contribution in [0.25, 0.3) is 0 Å². The highest BCUT2D eigenvalue weighted by atomic mass is 35.5. The smallest absolute Gasteiger partial charge is 0.239 e. The number of phenols is 1. The number of rotatable bonds is 2. The van der Waals surface area contributed by atoms with Crippen molar-refractivity contribution in [2.24, 2.45) is 5.73 Å². The zero-order valence-electron chi connectivity index (χ0n) is 10.8. The van der Waals surface area contributed by atoms with Gasteiger partial charge in [0.25, 0.3) is 0 Å². The van der Waals surface area contributed by atoms with Crippen LogP contribution in [0.4, 0.5) is 0 Å². The summed E-state index contributed by atoms with van der Waals surface area (Å²) in [6.07, 6.45) is -0.200. The molecule has 0 radical (unpaired) electrons. The lowest BCUT2D eigenvalue weighted by Gasteiger charge is -2.34. The number of hydrogen-bond acceptors (Lipinski definition) is 4. The molecule has 19 heavy (non-hydrogen) atoms. The summed E-state index contributed by atoms with van der Waals surface area (Å²) in [5.41, 5.74) is 6.48. The molecule has 1 aliphatic heterocycles. The number of halogens is 1. The van der Waals surface area contributed by atoms with Crippen LogP contribution in [0.3, 0.4) is 0 Å². The molecule has 0 bridgehead atoms. The van der Waals surface area contributed by atoms with Gasteiger partial charge in [-0.2, -0.15) is 0 Å². The Bertz CT molecular complexity index is 440. The van der Waals surface area contributed by atoms with Gasteiger partial charge in [0.15, 0.2) is 0 Å². The predicted molar refractivity (Wildman–Crippen MR) is 74.3 cm³/mol. The molecule has 5 nitrogen and oxygen atoms in total. The van der Waals surface area contributed by atoms with E-state index >= 15 is 0 Å². The predicted octanol–water partition coefficient (Wildman–Crippen LogP) is 1.06. The van der Waals surface area contributed by atoms with E-state index in [1.807, 2.05) is 6.07 Å². The normalized spacial score (nSPS) is 20.5. The molecule has 2 atom stereocenters. The van der Waals surface area contributed by atoms with Crippen LogP contribution in [0.1, 0.15) is 18.6 Å². The molecule has 1 aromatic rings. The maximum Gasteiger partial charge on any atom is 0.239 e. The number of benzene rings is 1. The van der Waals surface area contributed by atoms with Crippen LogP contribution >= 0.6 is 12.4 Å². The lowest BCUT2D eigenvalue weighted by Crippen LogP contribution is -2.48. The second-order valence-corrected chi connectivity index (χ2v) is 4.53. The third kappa shape index (κ3) is 3.83. The van der Waals surface area contributed by atoms with Gasteiger partial charge in [0, 0.05) is 6.54 Å². The summed E-state index contributed by atoms with van der Waals surface area (Å²) in [4.78, 5) is 13.5. The van der Waals surface area contributed by atoms with Crippen molar-refractivity contribution in [3.63, 3.8) is 0 Å². The Kier molecular flexibility index (Phi) is 5.60. The van der Waals surface area contributed by atoms with Gasteiger partial charge in [-0.3, -0.25) is 4.79 Å². The second-order valence-electron chi connectivity index (χ2n) is 4.53. The van der Waals surface area contributed by atoms with Gasteiger partial charge in [-0.1, -0.05) is 12.1 Å². The molecule has 1 fully saturated rings. The van der Waals surface area contributed by atoms with Crippen LogP contribution in [0.2, 0.25) is 0 Å². The molecule has 6 heteroatoms. The van der Waals surface area contributed by atoms with E-state index in [0.29, 0.717) is 19.7 Å². The summed E-state index contributed by atoms with van der Waals surface area (Å²) < 4.78 is 5.63. The Hall–Kier alpha value is -1.30. The van der Waals surface area contributed by atoms with Crippen LogP contribution in [-0.2, 0) is 9.53 Å². The van der Waals surface area contributed by atoms with Crippen LogP contribution in [-0.4, -0.2) is 41.7 Å².